The summed E-state index contributed by atoms with van der Waals surface area (Å²) in [5.74, 6) is -0.115. The molecule has 1 fully saturated rings. The summed E-state index contributed by atoms with van der Waals surface area (Å²) in [6, 6.07) is 3.54. The molecule has 2 rings (SSSR count). The van der Waals surface area contributed by atoms with Gasteiger partial charge in [-0.2, -0.15) is 0 Å². The molecule has 0 atom stereocenters. The lowest BCUT2D eigenvalue weighted by Gasteiger charge is -2.27. The van der Waals surface area contributed by atoms with Gasteiger partial charge in [-0.05, 0) is 24.1 Å². The third-order valence-electron chi connectivity index (χ3n) is 2.62. The van der Waals surface area contributed by atoms with Crippen LogP contribution in [0, 0.1) is 17.6 Å². The monoisotopic (exact) mass is 212 g/mol. The fourth-order valence-corrected chi connectivity index (χ4v) is 1.58. The van der Waals surface area contributed by atoms with Crippen LogP contribution in [0.2, 0.25) is 0 Å². The van der Waals surface area contributed by atoms with E-state index in [-0.39, 0.29) is 5.82 Å². The number of halogens is 2. The molecule has 4 heteroatoms. The lowest BCUT2D eigenvalue weighted by atomic mass is 10.0. The minimum Gasteiger partial charge on any atom is -0.316 e. The van der Waals surface area contributed by atoms with Crippen molar-refractivity contribution >= 4 is 0 Å². The molecule has 0 unspecified atom stereocenters. The summed E-state index contributed by atoms with van der Waals surface area (Å²) in [7, 11) is 0. The number of hydrogen-bond donors (Lipinski definition) is 2. The summed E-state index contributed by atoms with van der Waals surface area (Å²) >= 11 is 0. The summed E-state index contributed by atoms with van der Waals surface area (Å²) in [6.07, 6.45) is 0. The van der Waals surface area contributed by atoms with Crippen LogP contribution in [0.15, 0.2) is 18.2 Å². The zero-order chi connectivity index (χ0) is 10.7. The van der Waals surface area contributed by atoms with E-state index in [9.17, 15) is 8.78 Å². The van der Waals surface area contributed by atoms with Gasteiger partial charge >= 0.3 is 0 Å². The van der Waals surface area contributed by atoms with Crippen LogP contribution < -0.4 is 10.6 Å². The highest BCUT2D eigenvalue weighted by Gasteiger charge is 2.15. The van der Waals surface area contributed by atoms with Gasteiger partial charge in [0.1, 0.15) is 11.6 Å². The van der Waals surface area contributed by atoms with Gasteiger partial charge in [-0.1, -0.05) is 0 Å². The average molecular weight is 212 g/mol. The summed E-state index contributed by atoms with van der Waals surface area (Å²) < 4.78 is 26.0. The first-order valence-electron chi connectivity index (χ1n) is 5.11. The van der Waals surface area contributed by atoms with Gasteiger partial charge in [0.2, 0.25) is 0 Å². The van der Waals surface area contributed by atoms with Crippen LogP contribution in [0.4, 0.5) is 8.78 Å². The Balaban J connectivity index is 1.83. The number of benzene rings is 1. The van der Waals surface area contributed by atoms with Crippen molar-refractivity contribution in [3.63, 3.8) is 0 Å². The Kier molecular flexibility index (Phi) is 3.28. The second-order valence-electron chi connectivity index (χ2n) is 3.89. The van der Waals surface area contributed by atoms with Gasteiger partial charge in [0.05, 0.1) is 0 Å². The van der Waals surface area contributed by atoms with Crippen molar-refractivity contribution in [2.75, 3.05) is 19.6 Å². The van der Waals surface area contributed by atoms with E-state index < -0.39 is 5.82 Å². The molecule has 0 aromatic heterocycles. The Labute approximate surface area is 87.7 Å². The Bertz CT molecular complexity index is 337. The maximum atomic E-state index is 13.2. The van der Waals surface area contributed by atoms with Crippen LogP contribution in [0.5, 0.6) is 0 Å². The summed E-state index contributed by atoms with van der Waals surface area (Å²) in [4.78, 5) is 0. The first-order valence-corrected chi connectivity index (χ1v) is 5.11. The molecule has 0 spiro atoms. The molecule has 2 nitrogen and oxygen atoms in total. The van der Waals surface area contributed by atoms with Crippen LogP contribution in [0.25, 0.3) is 0 Å². The zero-order valence-electron chi connectivity index (χ0n) is 8.39. The first kappa shape index (κ1) is 10.5. The van der Waals surface area contributed by atoms with Gasteiger partial charge in [0.15, 0.2) is 0 Å². The molecule has 15 heavy (non-hydrogen) atoms. The van der Waals surface area contributed by atoms with Crippen LogP contribution in [0.3, 0.4) is 0 Å². The molecule has 1 aromatic carbocycles. The number of rotatable bonds is 4. The molecule has 0 radical (unpaired) electrons. The average Bonchev–Trinajstić information content (AvgIpc) is 2.15. The molecule has 0 saturated carbocycles. The fourth-order valence-electron chi connectivity index (χ4n) is 1.58. The molecule has 1 heterocycles. The van der Waals surface area contributed by atoms with E-state index in [1.54, 1.807) is 0 Å². The maximum absolute atomic E-state index is 13.2. The van der Waals surface area contributed by atoms with Crippen LogP contribution >= 0.6 is 0 Å². The summed E-state index contributed by atoms with van der Waals surface area (Å²) in [5, 5.41) is 6.28. The topological polar surface area (TPSA) is 24.1 Å². The lowest BCUT2D eigenvalue weighted by molar-refractivity contribution is 0.330. The van der Waals surface area contributed by atoms with E-state index in [1.807, 2.05) is 0 Å². The van der Waals surface area contributed by atoms with Gasteiger partial charge in [0.25, 0.3) is 0 Å². The van der Waals surface area contributed by atoms with Crippen molar-refractivity contribution < 1.29 is 8.78 Å². The van der Waals surface area contributed by atoms with E-state index in [1.165, 1.54) is 6.07 Å². The molecule has 1 aromatic rings. The molecule has 1 saturated heterocycles. The van der Waals surface area contributed by atoms with Gasteiger partial charge < -0.3 is 10.6 Å². The molecular weight excluding hydrogens is 198 g/mol. The highest BCUT2D eigenvalue weighted by atomic mass is 19.1. The second kappa shape index (κ2) is 4.68. The molecule has 2 N–H and O–H groups in total. The third kappa shape index (κ3) is 2.73. The molecule has 1 aliphatic heterocycles. The molecule has 0 amide bonds. The highest BCUT2D eigenvalue weighted by molar-refractivity contribution is 5.18. The van der Waals surface area contributed by atoms with Gasteiger partial charge in [0, 0.05) is 31.7 Å². The molecule has 0 bridgehead atoms. The third-order valence-corrected chi connectivity index (χ3v) is 2.62. The predicted molar refractivity (Wildman–Crippen MR) is 54.4 cm³/mol. The number of nitrogens with one attached hydrogen (secondary N) is 2. The van der Waals surface area contributed by atoms with Crippen molar-refractivity contribution in [1.82, 2.24) is 10.6 Å². The Morgan fingerprint density at radius 3 is 2.80 bits per heavy atom. The predicted octanol–water partition coefficient (Wildman–Crippen LogP) is 1.27. The van der Waals surface area contributed by atoms with E-state index in [4.69, 9.17) is 0 Å². The van der Waals surface area contributed by atoms with Crippen molar-refractivity contribution in [3.05, 3.63) is 35.4 Å². The molecule has 82 valence electrons. The SMILES string of the molecule is Fc1ccc(F)c(CNCC2CNC2)c1. The quantitative estimate of drug-likeness (QED) is 0.785. The standard InChI is InChI=1S/C11H14F2N2/c12-10-1-2-11(13)9(3-10)7-15-6-8-4-14-5-8/h1-3,8,14-15H,4-7H2. The molecular formula is C11H14F2N2. The Morgan fingerprint density at radius 1 is 1.33 bits per heavy atom. The summed E-state index contributed by atoms with van der Waals surface area (Å²) in [6.45, 7) is 3.26. The van der Waals surface area contributed by atoms with Gasteiger partial charge in [-0.25, -0.2) is 8.78 Å². The largest absolute Gasteiger partial charge is 0.316 e. The maximum Gasteiger partial charge on any atom is 0.127 e. The fraction of sp³-hybridized carbons (Fsp3) is 0.455. The minimum absolute atomic E-state index is 0.351. The van der Waals surface area contributed by atoms with Crippen molar-refractivity contribution in [1.29, 1.82) is 0 Å². The first-order chi connectivity index (χ1) is 7.25. The van der Waals surface area contributed by atoms with Gasteiger partial charge in [-0.15, -0.1) is 0 Å². The van der Waals surface area contributed by atoms with Gasteiger partial charge in [-0.3, -0.25) is 0 Å². The van der Waals surface area contributed by atoms with Crippen molar-refractivity contribution in [2.24, 2.45) is 5.92 Å². The lowest BCUT2D eigenvalue weighted by Crippen LogP contribution is -2.47. The summed E-state index contributed by atoms with van der Waals surface area (Å²) in [5.41, 5.74) is 0.391. The van der Waals surface area contributed by atoms with Crippen molar-refractivity contribution in [2.45, 2.75) is 6.54 Å². The van der Waals surface area contributed by atoms with Crippen LogP contribution in [-0.2, 0) is 6.54 Å². The van der Waals surface area contributed by atoms with Crippen molar-refractivity contribution in [3.8, 4) is 0 Å². The highest BCUT2D eigenvalue weighted by Crippen LogP contribution is 2.09. The van der Waals surface area contributed by atoms with Crippen LogP contribution in [-0.4, -0.2) is 19.6 Å². The smallest absolute Gasteiger partial charge is 0.127 e. The molecule has 1 aliphatic rings. The minimum atomic E-state index is -0.390. The normalized spacial score (nSPS) is 16.4. The second-order valence-corrected chi connectivity index (χ2v) is 3.89. The van der Waals surface area contributed by atoms with E-state index in [0.717, 1.165) is 31.8 Å². The van der Waals surface area contributed by atoms with Crippen LogP contribution in [0.1, 0.15) is 5.56 Å². The Hall–Kier alpha value is -1.00. The zero-order valence-corrected chi connectivity index (χ0v) is 8.39. The van der Waals surface area contributed by atoms with E-state index >= 15 is 0 Å². The van der Waals surface area contributed by atoms with E-state index in [0.29, 0.717) is 18.0 Å². The number of hydrogen-bond acceptors (Lipinski definition) is 2. The Morgan fingerprint density at radius 2 is 2.13 bits per heavy atom. The van der Waals surface area contributed by atoms with E-state index in [2.05, 4.69) is 10.6 Å². The molecule has 0 aliphatic carbocycles.